The van der Waals surface area contributed by atoms with Crippen molar-refractivity contribution in [3.63, 3.8) is 0 Å². The number of anilines is 1. The summed E-state index contributed by atoms with van der Waals surface area (Å²) in [6.07, 6.45) is 3.96. The van der Waals surface area contributed by atoms with Crippen LogP contribution in [0.1, 0.15) is 33.1 Å². The van der Waals surface area contributed by atoms with Crippen LogP contribution >= 0.6 is 0 Å². The number of amides is 1. The summed E-state index contributed by atoms with van der Waals surface area (Å²) in [5.74, 6) is 0.0201. The van der Waals surface area contributed by atoms with Gasteiger partial charge in [-0.3, -0.25) is 4.79 Å². The molecule has 0 aromatic heterocycles. The van der Waals surface area contributed by atoms with Crippen molar-refractivity contribution in [2.24, 2.45) is 0 Å². The standard InChI is InChI=1S/C17H27N3O/c1-14(13-20-11-7-4-8-12-20)18-15(2)17(21)19-16-9-5-3-6-10-16/h3,5-6,9-10,14-15,18H,4,7-8,11-13H2,1-2H3,(H,19,21). The summed E-state index contributed by atoms with van der Waals surface area (Å²) in [4.78, 5) is 14.6. The number of carbonyl (C=O) groups excluding carboxylic acids is 1. The van der Waals surface area contributed by atoms with Crippen LogP contribution in [0.25, 0.3) is 0 Å². The third kappa shape index (κ3) is 5.48. The fraction of sp³-hybridized carbons (Fsp3) is 0.588. The molecule has 2 rings (SSSR count). The second-order valence-corrected chi connectivity index (χ2v) is 6.01. The van der Waals surface area contributed by atoms with Crippen LogP contribution in [-0.4, -0.2) is 42.5 Å². The van der Waals surface area contributed by atoms with E-state index in [0.29, 0.717) is 6.04 Å². The van der Waals surface area contributed by atoms with Gasteiger partial charge in [0.1, 0.15) is 0 Å². The maximum absolute atomic E-state index is 12.2. The van der Waals surface area contributed by atoms with Crippen LogP contribution in [0.5, 0.6) is 0 Å². The highest BCUT2D eigenvalue weighted by Gasteiger charge is 2.18. The Morgan fingerprint density at radius 2 is 1.81 bits per heavy atom. The Labute approximate surface area is 127 Å². The first kappa shape index (κ1) is 16.0. The molecule has 2 atom stereocenters. The van der Waals surface area contributed by atoms with Crippen LogP contribution in [0.2, 0.25) is 0 Å². The van der Waals surface area contributed by atoms with E-state index in [-0.39, 0.29) is 11.9 Å². The zero-order chi connectivity index (χ0) is 15.1. The molecule has 1 fully saturated rings. The molecule has 4 heteroatoms. The van der Waals surface area contributed by atoms with Gasteiger partial charge in [-0.05, 0) is 51.9 Å². The molecule has 0 radical (unpaired) electrons. The second-order valence-electron chi connectivity index (χ2n) is 6.01. The maximum atomic E-state index is 12.2. The number of nitrogens with one attached hydrogen (secondary N) is 2. The summed E-state index contributed by atoms with van der Waals surface area (Å²) in [6, 6.07) is 9.73. The SMILES string of the molecule is CC(CN1CCCCC1)NC(C)C(=O)Nc1ccccc1. The van der Waals surface area contributed by atoms with E-state index in [2.05, 4.69) is 22.5 Å². The van der Waals surface area contributed by atoms with Gasteiger partial charge in [-0.25, -0.2) is 0 Å². The lowest BCUT2D eigenvalue weighted by Gasteiger charge is -2.30. The minimum absolute atomic E-state index is 0.0201. The highest BCUT2D eigenvalue weighted by molar-refractivity contribution is 5.94. The first-order valence-corrected chi connectivity index (χ1v) is 7.99. The molecule has 116 valence electrons. The van der Waals surface area contributed by atoms with E-state index < -0.39 is 0 Å². The van der Waals surface area contributed by atoms with E-state index in [4.69, 9.17) is 0 Å². The van der Waals surface area contributed by atoms with Crippen molar-refractivity contribution in [1.82, 2.24) is 10.2 Å². The lowest BCUT2D eigenvalue weighted by atomic mass is 10.1. The minimum atomic E-state index is -0.190. The molecule has 1 aromatic carbocycles. The molecular weight excluding hydrogens is 262 g/mol. The van der Waals surface area contributed by atoms with E-state index in [1.165, 1.54) is 32.4 Å². The molecule has 0 bridgehead atoms. The zero-order valence-corrected chi connectivity index (χ0v) is 13.1. The van der Waals surface area contributed by atoms with Crippen molar-refractivity contribution in [2.45, 2.75) is 45.2 Å². The monoisotopic (exact) mass is 289 g/mol. The van der Waals surface area contributed by atoms with Crippen LogP contribution in [0.15, 0.2) is 30.3 Å². The highest BCUT2D eigenvalue weighted by atomic mass is 16.2. The Balaban J connectivity index is 1.74. The Kier molecular flexibility index (Phi) is 6.21. The average Bonchev–Trinajstić information content (AvgIpc) is 2.49. The third-order valence-electron chi connectivity index (χ3n) is 3.95. The van der Waals surface area contributed by atoms with Gasteiger partial charge >= 0.3 is 0 Å². The lowest BCUT2D eigenvalue weighted by molar-refractivity contribution is -0.118. The van der Waals surface area contributed by atoms with Crippen LogP contribution < -0.4 is 10.6 Å². The summed E-state index contributed by atoms with van der Waals surface area (Å²) in [5, 5.41) is 6.33. The average molecular weight is 289 g/mol. The molecule has 21 heavy (non-hydrogen) atoms. The zero-order valence-electron chi connectivity index (χ0n) is 13.1. The number of rotatable bonds is 6. The molecule has 1 saturated heterocycles. The van der Waals surface area contributed by atoms with E-state index in [9.17, 15) is 4.79 Å². The smallest absolute Gasteiger partial charge is 0.241 e. The van der Waals surface area contributed by atoms with Crippen molar-refractivity contribution in [1.29, 1.82) is 0 Å². The van der Waals surface area contributed by atoms with Gasteiger partial charge in [-0.2, -0.15) is 0 Å². The molecule has 1 amide bonds. The summed E-state index contributed by atoms with van der Waals surface area (Å²) >= 11 is 0. The molecule has 1 aliphatic rings. The van der Waals surface area contributed by atoms with Gasteiger partial charge in [-0.15, -0.1) is 0 Å². The number of benzene rings is 1. The molecule has 0 spiro atoms. The Morgan fingerprint density at radius 3 is 2.48 bits per heavy atom. The molecule has 4 nitrogen and oxygen atoms in total. The van der Waals surface area contributed by atoms with Crippen LogP contribution in [0, 0.1) is 0 Å². The Hall–Kier alpha value is -1.39. The second kappa shape index (κ2) is 8.15. The van der Waals surface area contributed by atoms with E-state index >= 15 is 0 Å². The molecule has 2 N–H and O–H groups in total. The lowest BCUT2D eigenvalue weighted by Crippen LogP contribution is -2.48. The predicted molar refractivity (Wildman–Crippen MR) is 87.4 cm³/mol. The van der Waals surface area contributed by atoms with Crippen molar-refractivity contribution >= 4 is 11.6 Å². The van der Waals surface area contributed by atoms with Crippen LogP contribution in [0.4, 0.5) is 5.69 Å². The van der Waals surface area contributed by atoms with Gasteiger partial charge in [0, 0.05) is 18.3 Å². The first-order chi connectivity index (χ1) is 10.1. The summed E-state index contributed by atoms with van der Waals surface area (Å²) < 4.78 is 0. The van der Waals surface area contributed by atoms with Crippen LogP contribution in [0.3, 0.4) is 0 Å². The Morgan fingerprint density at radius 1 is 1.14 bits per heavy atom. The molecule has 0 saturated carbocycles. The van der Waals surface area contributed by atoms with Crippen molar-refractivity contribution in [3.05, 3.63) is 30.3 Å². The summed E-state index contributed by atoms with van der Waals surface area (Å²) in [7, 11) is 0. The van der Waals surface area contributed by atoms with E-state index in [0.717, 1.165) is 12.2 Å². The number of piperidine rings is 1. The predicted octanol–water partition coefficient (Wildman–Crippen LogP) is 2.48. The maximum Gasteiger partial charge on any atom is 0.241 e. The van der Waals surface area contributed by atoms with Gasteiger partial charge in [0.15, 0.2) is 0 Å². The van der Waals surface area contributed by atoms with Gasteiger partial charge in [-0.1, -0.05) is 24.6 Å². The first-order valence-electron chi connectivity index (χ1n) is 7.99. The third-order valence-corrected chi connectivity index (χ3v) is 3.95. The van der Waals surface area contributed by atoms with Crippen molar-refractivity contribution < 1.29 is 4.79 Å². The minimum Gasteiger partial charge on any atom is -0.325 e. The number of para-hydroxylation sites is 1. The highest BCUT2D eigenvalue weighted by Crippen LogP contribution is 2.09. The fourth-order valence-electron chi connectivity index (χ4n) is 2.86. The van der Waals surface area contributed by atoms with E-state index in [1.54, 1.807) is 0 Å². The molecule has 0 aliphatic carbocycles. The van der Waals surface area contributed by atoms with Gasteiger partial charge in [0.05, 0.1) is 6.04 Å². The largest absolute Gasteiger partial charge is 0.325 e. The number of hydrogen-bond donors (Lipinski definition) is 2. The number of hydrogen-bond acceptors (Lipinski definition) is 3. The quantitative estimate of drug-likeness (QED) is 0.845. The van der Waals surface area contributed by atoms with Gasteiger partial charge < -0.3 is 15.5 Å². The van der Waals surface area contributed by atoms with Crippen molar-refractivity contribution in [2.75, 3.05) is 25.0 Å². The molecule has 1 aromatic rings. The summed E-state index contributed by atoms with van der Waals surface area (Å²) in [5.41, 5.74) is 0.847. The normalized spacial score (nSPS) is 19.0. The molecule has 2 unspecified atom stereocenters. The summed E-state index contributed by atoms with van der Waals surface area (Å²) in [6.45, 7) is 7.47. The Bertz CT molecular complexity index is 429. The molecule has 1 aliphatic heterocycles. The molecule has 1 heterocycles. The van der Waals surface area contributed by atoms with Gasteiger partial charge in [0.2, 0.25) is 5.91 Å². The van der Waals surface area contributed by atoms with Crippen LogP contribution in [-0.2, 0) is 4.79 Å². The van der Waals surface area contributed by atoms with Gasteiger partial charge in [0.25, 0.3) is 0 Å². The van der Waals surface area contributed by atoms with E-state index in [1.807, 2.05) is 37.3 Å². The number of carbonyl (C=O) groups is 1. The number of likely N-dealkylation sites (tertiary alicyclic amines) is 1. The molecular formula is C17H27N3O. The topological polar surface area (TPSA) is 44.4 Å². The number of nitrogens with zero attached hydrogens (tertiary/aromatic N) is 1. The fourth-order valence-corrected chi connectivity index (χ4v) is 2.86. The van der Waals surface area contributed by atoms with Crippen molar-refractivity contribution in [3.8, 4) is 0 Å².